The van der Waals surface area contributed by atoms with Crippen LogP contribution in [0.4, 0.5) is 0 Å². The van der Waals surface area contributed by atoms with Crippen LogP contribution in [0, 0.1) is 11.3 Å². The highest BCUT2D eigenvalue weighted by atomic mass is 16.6. The molecule has 0 aromatic heterocycles. The van der Waals surface area contributed by atoms with Gasteiger partial charge in [0.2, 0.25) is 0 Å². The van der Waals surface area contributed by atoms with E-state index in [1.54, 1.807) is 6.07 Å². The van der Waals surface area contributed by atoms with Crippen molar-refractivity contribution in [3.8, 4) is 6.07 Å². The lowest BCUT2D eigenvalue weighted by atomic mass is 10.9. The monoisotopic (exact) mass is 70.0 g/mol. The lowest BCUT2D eigenvalue weighted by Crippen LogP contribution is -1.82. The predicted octanol–water partition coefficient (Wildman–Crippen LogP) is -0.490. The van der Waals surface area contributed by atoms with E-state index < -0.39 is 0 Å². The first-order chi connectivity index (χ1) is 2.41. The van der Waals surface area contributed by atoms with Crippen LogP contribution in [0.5, 0.6) is 0 Å². The summed E-state index contributed by atoms with van der Waals surface area (Å²) in [5, 5.41) is 7.53. The van der Waals surface area contributed by atoms with Gasteiger partial charge in [0.25, 0.3) is 0 Å². The third kappa shape index (κ3) is 3.41. The Morgan fingerprint density at radius 2 is 2.40 bits per heavy atom. The Balaban J connectivity index is 2.48. The van der Waals surface area contributed by atoms with Gasteiger partial charge in [0.1, 0.15) is 0 Å². The maximum atomic E-state index is 7.53. The van der Waals surface area contributed by atoms with Gasteiger partial charge in [-0.3, -0.25) is 0 Å². The average Bonchev–Trinajstić information content (AvgIpc) is 1.41. The van der Waals surface area contributed by atoms with Crippen LogP contribution in [0.1, 0.15) is 0 Å². The van der Waals surface area contributed by atoms with E-state index in [1.807, 2.05) is 0 Å². The van der Waals surface area contributed by atoms with Crippen molar-refractivity contribution in [3.63, 3.8) is 0 Å². The average molecular weight is 70.1 g/mol. The second kappa shape index (κ2) is 3.41. The summed E-state index contributed by atoms with van der Waals surface area (Å²) < 4.78 is 0. The van der Waals surface area contributed by atoms with Crippen molar-refractivity contribution < 1.29 is 4.84 Å². The van der Waals surface area contributed by atoms with Crippen LogP contribution >= 0.6 is 0 Å². The normalized spacial score (nSPS) is 6.40. The summed E-state index contributed by atoms with van der Waals surface area (Å²) in [5.41, 5.74) is 0. The number of rotatable bonds is 1. The van der Waals surface area contributed by atoms with Crippen LogP contribution in [0.2, 0.25) is 0 Å². The zero-order chi connectivity index (χ0) is 4.12. The Morgan fingerprint density at radius 1 is 1.80 bits per heavy atom. The van der Waals surface area contributed by atoms with Crippen molar-refractivity contribution in [2.24, 2.45) is 0 Å². The van der Waals surface area contributed by atoms with Crippen LogP contribution < -0.4 is 5.90 Å². The van der Waals surface area contributed by atoms with Gasteiger partial charge in [0.05, 0.1) is 6.07 Å². The van der Waals surface area contributed by atoms with Gasteiger partial charge in [-0.15, -0.1) is 0 Å². The van der Waals surface area contributed by atoms with E-state index in [-0.39, 0.29) is 6.61 Å². The zero-order valence-electron chi connectivity index (χ0n) is 2.51. The molecule has 0 spiro atoms. The number of hydrogen-bond donors (Lipinski definition) is 0. The summed E-state index contributed by atoms with van der Waals surface area (Å²) in [6, 6.07) is 1.55. The maximum absolute atomic E-state index is 7.53. The fourth-order valence-corrected chi connectivity index (χ4v) is 0.0289. The molecule has 0 saturated carbocycles. The molecule has 0 aromatic carbocycles. The van der Waals surface area contributed by atoms with Gasteiger partial charge in [-0.2, -0.15) is 5.26 Å². The molecule has 0 saturated heterocycles. The SMILES string of the molecule is [N]OCC#N. The molecular weight excluding hydrogens is 68.0 g/mol. The summed E-state index contributed by atoms with van der Waals surface area (Å²) in [5.74, 6) is 7.34. The molecule has 3 nitrogen and oxygen atoms in total. The van der Waals surface area contributed by atoms with Crippen molar-refractivity contribution in [3.05, 3.63) is 0 Å². The predicted molar refractivity (Wildman–Crippen MR) is 13.7 cm³/mol. The molecule has 0 bridgehead atoms. The highest BCUT2D eigenvalue weighted by molar-refractivity contribution is 4.64. The van der Waals surface area contributed by atoms with Gasteiger partial charge in [0, 0.05) is 5.90 Å². The number of nitrogens with zero attached hydrogens (tertiary/aromatic N) is 2. The van der Waals surface area contributed by atoms with Gasteiger partial charge in [-0.1, -0.05) is 0 Å². The minimum atomic E-state index is -0.250. The van der Waals surface area contributed by atoms with Gasteiger partial charge in [-0.05, 0) is 0 Å². The second-order valence-electron chi connectivity index (χ2n) is 0.432. The molecule has 26 valence electrons. The van der Waals surface area contributed by atoms with E-state index in [0.29, 0.717) is 0 Å². The van der Waals surface area contributed by atoms with Crippen LogP contribution in [-0.4, -0.2) is 6.61 Å². The summed E-state index contributed by atoms with van der Waals surface area (Å²) in [6.45, 7) is -0.250. The Hall–Kier alpha value is -0.590. The van der Waals surface area contributed by atoms with Crippen LogP contribution in [-0.2, 0) is 4.84 Å². The zero-order valence-corrected chi connectivity index (χ0v) is 2.51. The number of nitriles is 1. The third-order valence-electron chi connectivity index (χ3n) is 0.129. The minimum Gasteiger partial charge on any atom is -0.248 e. The molecule has 3 heteroatoms. The summed E-state index contributed by atoms with van der Waals surface area (Å²) in [6.07, 6.45) is 0. The molecule has 5 heavy (non-hydrogen) atoms. The topological polar surface area (TPSA) is 55.3 Å². The van der Waals surface area contributed by atoms with E-state index in [1.165, 1.54) is 0 Å². The molecular formula is C2H2N2O. The molecule has 0 heterocycles. The lowest BCUT2D eigenvalue weighted by Gasteiger charge is -1.67. The van der Waals surface area contributed by atoms with Crippen molar-refractivity contribution in [2.75, 3.05) is 6.61 Å². The minimum absolute atomic E-state index is 0.250. The molecule has 0 aliphatic carbocycles. The van der Waals surface area contributed by atoms with Crippen molar-refractivity contribution >= 4 is 0 Å². The summed E-state index contributed by atoms with van der Waals surface area (Å²) >= 11 is 0. The van der Waals surface area contributed by atoms with E-state index in [4.69, 9.17) is 11.2 Å². The highest BCUT2D eigenvalue weighted by Gasteiger charge is 1.66. The molecule has 0 amide bonds. The van der Waals surface area contributed by atoms with E-state index in [9.17, 15) is 0 Å². The molecule has 0 fully saturated rings. The van der Waals surface area contributed by atoms with Gasteiger partial charge < -0.3 is 0 Å². The third-order valence-corrected chi connectivity index (χ3v) is 0.129. The van der Waals surface area contributed by atoms with E-state index >= 15 is 0 Å². The largest absolute Gasteiger partial charge is 0.248 e. The van der Waals surface area contributed by atoms with Crippen molar-refractivity contribution in [2.45, 2.75) is 0 Å². The Kier molecular flexibility index (Phi) is 3.01. The van der Waals surface area contributed by atoms with Gasteiger partial charge in [-0.25, -0.2) is 4.84 Å². The first kappa shape index (κ1) is 4.41. The first-order valence-corrected chi connectivity index (χ1v) is 1.05. The smallest absolute Gasteiger partial charge is 0.158 e. The molecule has 0 rings (SSSR count). The second-order valence-corrected chi connectivity index (χ2v) is 0.432. The van der Waals surface area contributed by atoms with E-state index in [2.05, 4.69) is 4.84 Å². The number of hydrogen-bond acceptors (Lipinski definition) is 2. The lowest BCUT2D eigenvalue weighted by molar-refractivity contribution is 0.150. The Labute approximate surface area is 29.9 Å². The van der Waals surface area contributed by atoms with Gasteiger partial charge in [0.15, 0.2) is 6.61 Å². The Bertz CT molecular complexity index is 46.1. The first-order valence-electron chi connectivity index (χ1n) is 1.05. The quantitative estimate of drug-likeness (QED) is 0.391. The summed E-state index contributed by atoms with van der Waals surface area (Å²) in [4.78, 5) is 3.33. The van der Waals surface area contributed by atoms with Crippen molar-refractivity contribution in [1.29, 1.82) is 5.26 Å². The molecule has 0 unspecified atom stereocenters. The molecule has 0 aromatic rings. The molecule has 2 radical (unpaired) electrons. The molecule has 0 N–H and O–H groups in total. The highest BCUT2D eigenvalue weighted by Crippen LogP contribution is 1.51. The van der Waals surface area contributed by atoms with E-state index in [0.717, 1.165) is 0 Å². The summed E-state index contributed by atoms with van der Waals surface area (Å²) in [7, 11) is 0. The fourth-order valence-electron chi connectivity index (χ4n) is 0.0289. The molecule has 0 atom stereocenters. The molecule has 0 aliphatic rings. The maximum Gasteiger partial charge on any atom is 0.158 e. The molecule has 0 aliphatic heterocycles. The van der Waals surface area contributed by atoms with Crippen LogP contribution in [0.3, 0.4) is 0 Å². The van der Waals surface area contributed by atoms with Gasteiger partial charge >= 0.3 is 0 Å². The van der Waals surface area contributed by atoms with Crippen LogP contribution in [0.25, 0.3) is 0 Å². The Morgan fingerprint density at radius 3 is 2.40 bits per heavy atom. The standard InChI is InChI=1S/C2H2N2O/c3-1-2-5-4/h2H2. The van der Waals surface area contributed by atoms with Crippen molar-refractivity contribution in [1.82, 2.24) is 5.90 Å². The van der Waals surface area contributed by atoms with Crippen LogP contribution in [0.15, 0.2) is 0 Å². The fraction of sp³-hybridized carbons (Fsp3) is 0.500.